The Morgan fingerprint density at radius 1 is 1.41 bits per heavy atom. The predicted octanol–water partition coefficient (Wildman–Crippen LogP) is 3.38. The Hall–Kier alpha value is -0.970. The van der Waals surface area contributed by atoms with Gasteiger partial charge in [0, 0.05) is 24.0 Å². The second kappa shape index (κ2) is 7.53. The average molecular weight is 346 g/mol. The van der Waals surface area contributed by atoms with Crippen LogP contribution < -0.4 is 4.74 Å². The number of carbonyl (C=O) groups excluding carboxylic acids is 1. The highest BCUT2D eigenvalue weighted by Crippen LogP contribution is 2.29. The normalized spacial score (nSPS) is 21.3. The lowest BCUT2D eigenvalue weighted by molar-refractivity contribution is -0.140. The van der Waals surface area contributed by atoms with E-state index in [1.807, 2.05) is 0 Å². The van der Waals surface area contributed by atoms with Crippen LogP contribution in [0.15, 0.2) is 18.2 Å². The number of hydrogen-bond donors (Lipinski definition) is 1. The molecule has 1 aromatic rings. The standard InChI is InChI=1S/C16H21Cl2NO3/c1-10(20)12-4-3-7-19(9-12)16(21)11(2)22-15-6-5-13(17)8-14(15)18/h5-6,8,10-12,20H,3-4,7,9H2,1-2H3. The summed E-state index contributed by atoms with van der Waals surface area (Å²) in [7, 11) is 0. The Labute approximate surface area is 141 Å². The van der Waals surface area contributed by atoms with Crippen LogP contribution in [0.3, 0.4) is 0 Å². The second-order valence-corrected chi connectivity index (χ2v) is 6.61. The maximum Gasteiger partial charge on any atom is 0.263 e. The maximum atomic E-state index is 12.5. The zero-order valence-electron chi connectivity index (χ0n) is 12.8. The van der Waals surface area contributed by atoms with Crippen molar-refractivity contribution in [1.82, 2.24) is 4.90 Å². The van der Waals surface area contributed by atoms with Crippen molar-refractivity contribution in [2.45, 2.75) is 38.9 Å². The summed E-state index contributed by atoms with van der Waals surface area (Å²) in [5, 5.41) is 10.6. The molecule has 0 bridgehead atoms. The van der Waals surface area contributed by atoms with Crippen molar-refractivity contribution < 1.29 is 14.6 Å². The Bertz CT molecular complexity index is 536. The van der Waals surface area contributed by atoms with Crippen LogP contribution in [0.4, 0.5) is 0 Å². The van der Waals surface area contributed by atoms with Crippen LogP contribution in [-0.4, -0.2) is 41.2 Å². The molecule has 2 rings (SSSR count). The summed E-state index contributed by atoms with van der Waals surface area (Å²) in [5.74, 6) is 0.483. The van der Waals surface area contributed by atoms with Gasteiger partial charge in [0.05, 0.1) is 11.1 Å². The number of nitrogens with zero attached hydrogens (tertiary/aromatic N) is 1. The summed E-state index contributed by atoms with van der Waals surface area (Å²) >= 11 is 11.9. The van der Waals surface area contributed by atoms with Crippen molar-refractivity contribution in [2.75, 3.05) is 13.1 Å². The third-order valence-electron chi connectivity index (χ3n) is 4.00. The molecule has 22 heavy (non-hydrogen) atoms. The van der Waals surface area contributed by atoms with Crippen molar-refractivity contribution in [2.24, 2.45) is 5.92 Å². The van der Waals surface area contributed by atoms with Gasteiger partial charge in [-0.1, -0.05) is 23.2 Å². The fourth-order valence-corrected chi connectivity index (χ4v) is 3.13. The Kier molecular flexibility index (Phi) is 5.95. The zero-order valence-corrected chi connectivity index (χ0v) is 14.3. The fourth-order valence-electron chi connectivity index (χ4n) is 2.67. The molecule has 0 saturated carbocycles. The van der Waals surface area contributed by atoms with E-state index in [4.69, 9.17) is 27.9 Å². The highest BCUT2D eigenvalue weighted by molar-refractivity contribution is 6.35. The topological polar surface area (TPSA) is 49.8 Å². The smallest absolute Gasteiger partial charge is 0.263 e. The summed E-state index contributed by atoms with van der Waals surface area (Å²) in [6.45, 7) is 4.74. The number of carbonyl (C=O) groups is 1. The van der Waals surface area contributed by atoms with Gasteiger partial charge in [-0.05, 0) is 44.9 Å². The van der Waals surface area contributed by atoms with Gasteiger partial charge in [-0.2, -0.15) is 0 Å². The minimum atomic E-state index is -0.633. The van der Waals surface area contributed by atoms with Gasteiger partial charge < -0.3 is 14.7 Å². The second-order valence-electron chi connectivity index (χ2n) is 5.76. The molecule has 4 nitrogen and oxygen atoms in total. The first-order chi connectivity index (χ1) is 10.4. The Morgan fingerprint density at radius 2 is 2.14 bits per heavy atom. The van der Waals surface area contributed by atoms with Gasteiger partial charge in [0.1, 0.15) is 5.75 Å². The molecule has 1 aromatic carbocycles. The summed E-state index contributed by atoms with van der Waals surface area (Å²) in [6, 6.07) is 4.91. The maximum absolute atomic E-state index is 12.5. The molecular weight excluding hydrogens is 325 g/mol. The van der Waals surface area contributed by atoms with E-state index in [1.165, 1.54) is 0 Å². The Morgan fingerprint density at radius 3 is 2.77 bits per heavy atom. The largest absolute Gasteiger partial charge is 0.479 e. The summed E-state index contributed by atoms with van der Waals surface area (Å²) in [6.07, 6.45) is 0.805. The van der Waals surface area contributed by atoms with Crippen LogP contribution in [-0.2, 0) is 4.79 Å². The molecule has 3 unspecified atom stereocenters. The van der Waals surface area contributed by atoms with Gasteiger partial charge in [0.25, 0.3) is 5.91 Å². The number of amides is 1. The first kappa shape index (κ1) is 17.4. The van der Waals surface area contributed by atoms with Gasteiger partial charge in [-0.3, -0.25) is 4.79 Å². The molecular formula is C16H21Cl2NO3. The van der Waals surface area contributed by atoms with E-state index >= 15 is 0 Å². The number of ether oxygens (including phenoxy) is 1. The van der Waals surface area contributed by atoms with Crippen LogP contribution >= 0.6 is 23.2 Å². The Balaban J connectivity index is 1.99. The van der Waals surface area contributed by atoms with Gasteiger partial charge in [0.2, 0.25) is 0 Å². The number of likely N-dealkylation sites (tertiary alicyclic amines) is 1. The van der Waals surface area contributed by atoms with Gasteiger partial charge in [-0.25, -0.2) is 0 Å². The number of hydrogen-bond acceptors (Lipinski definition) is 3. The van der Waals surface area contributed by atoms with Gasteiger partial charge in [0.15, 0.2) is 6.10 Å². The van der Waals surface area contributed by atoms with E-state index in [1.54, 1.807) is 36.9 Å². The average Bonchev–Trinajstić information content (AvgIpc) is 2.49. The zero-order chi connectivity index (χ0) is 16.3. The van der Waals surface area contributed by atoms with E-state index in [9.17, 15) is 9.90 Å². The highest BCUT2D eigenvalue weighted by atomic mass is 35.5. The minimum absolute atomic E-state index is 0.0867. The molecule has 0 radical (unpaired) electrons. The van der Waals surface area contributed by atoms with E-state index in [0.717, 1.165) is 12.8 Å². The van der Waals surface area contributed by atoms with Crippen LogP contribution in [0.2, 0.25) is 10.0 Å². The lowest BCUT2D eigenvalue weighted by atomic mass is 9.93. The van der Waals surface area contributed by atoms with Crippen LogP contribution in [0.1, 0.15) is 26.7 Å². The van der Waals surface area contributed by atoms with E-state index in [0.29, 0.717) is 28.9 Å². The summed E-state index contributed by atoms with van der Waals surface area (Å²) < 4.78 is 5.67. The van der Waals surface area contributed by atoms with Gasteiger partial charge >= 0.3 is 0 Å². The van der Waals surface area contributed by atoms with Crippen LogP contribution in [0.5, 0.6) is 5.75 Å². The number of aliphatic hydroxyl groups excluding tert-OH is 1. The van der Waals surface area contributed by atoms with Crippen molar-refractivity contribution >= 4 is 29.1 Å². The summed E-state index contributed by atoms with van der Waals surface area (Å²) in [5.41, 5.74) is 0. The number of halogens is 2. The molecule has 0 aliphatic carbocycles. The van der Waals surface area contributed by atoms with E-state index in [-0.39, 0.29) is 11.8 Å². The molecule has 0 aromatic heterocycles. The monoisotopic (exact) mass is 345 g/mol. The van der Waals surface area contributed by atoms with Crippen molar-refractivity contribution in [3.63, 3.8) is 0 Å². The third kappa shape index (κ3) is 4.28. The first-order valence-electron chi connectivity index (χ1n) is 7.47. The lowest BCUT2D eigenvalue weighted by Crippen LogP contribution is -2.47. The SMILES string of the molecule is CC(Oc1ccc(Cl)cc1Cl)C(=O)N1CCCC(C(C)O)C1. The molecule has 1 aliphatic heterocycles. The van der Waals surface area contributed by atoms with Crippen molar-refractivity contribution in [1.29, 1.82) is 0 Å². The molecule has 6 heteroatoms. The number of piperidine rings is 1. The quantitative estimate of drug-likeness (QED) is 0.909. The van der Waals surface area contributed by atoms with E-state index in [2.05, 4.69) is 0 Å². The molecule has 1 aliphatic rings. The first-order valence-corrected chi connectivity index (χ1v) is 8.22. The predicted molar refractivity (Wildman–Crippen MR) is 87.5 cm³/mol. The molecule has 122 valence electrons. The van der Waals surface area contributed by atoms with Crippen LogP contribution in [0, 0.1) is 5.92 Å². The number of benzene rings is 1. The molecule has 0 spiro atoms. The molecule has 1 saturated heterocycles. The van der Waals surface area contributed by atoms with Crippen LogP contribution in [0.25, 0.3) is 0 Å². The van der Waals surface area contributed by atoms with E-state index < -0.39 is 12.2 Å². The fraction of sp³-hybridized carbons (Fsp3) is 0.562. The molecule has 1 heterocycles. The molecule has 1 N–H and O–H groups in total. The highest BCUT2D eigenvalue weighted by Gasteiger charge is 2.29. The van der Waals surface area contributed by atoms with Crippen molar-refractivity contribution in [3.8, 4) is 5.75 Å². The third-order valence-corrected chi connectivity index (χ3v) is 4.53. The van der Waals surface area contributed by atoms with Crippen molar-refractivity contribution in [3.05, 3.63) is 28.2 Å². The lowest BCUT2D eigenvalue weighted by Gasteiger charge is -2.35. The van der Waals surface area contributed by atoms with Gasteiger partial charge in [-0.15, -0.1) is 0 Å². The molecule has 3 atom stereocenters. The number of aliphatic hydroxyl groups is 1. The molecule has 1 fully saturated rings. The summed E-state index contributed by atoms with van der Waals surface area (Å²) in [4.78, 5) is 14.3. The number of rotatable bonds is 4. The molecule has 1 amide bonds. The minimum Gasteiger partial charge on any atom is -0.479 e.